The zero-order valence-corrected chi connectivity index (χ0v) is 16.9. The third kappa shape index (κ3) is 5.17. The molecule has 2 aromatic carbocycles. The molecule has 3 rings (SSSR count). The summed E-state index contributed by atoms with van der Waals surface area (Å²) in [5.74, 6) is 0.529. The number of aromatic nitrogens is 2. The van der Waals surface area contributed by atoms with Crippen LogP contribution in [0.2, 0.25) is 0 Å². The Morgan fingerprint density at radius 2 is 1.86 bits per heavy atom. The normalized spacial score (nSPS) is 12.2. The maximum absolute atomic E-state index is 12.4. The molecule has 0 aliphatic carbocycles. The molecule has 3 N–H and O–H groups in total. The molecule has 7 nitrogen and oxygen atoms in total. The van der Waals surface area contributed by atoms with Gasteiger partial charge in [-0.25, -0.2) is 18.1 Å². The van der Waals surface area contributed by atoms with Crippen molar-refractivity contribution in [1.82, 2.24) is 14.7 Å². The van der Waals surface area contributed by atoms with Crippen LogP contribution in [-0.4, -0.2) is 29.8 Å². The fourth-order valence-electron chi connectivity index (χ4n) is 2.78. The van der Waals surface area contributed by atoms with Crippen LogP contribution in [0.4, 0.5) is 5.69 Å². The molecule has 148 valence electrons. The third-order valence-corrected chi connectivity index (χ3v) is 5.65. The SMILES string of the molecule is CC(C)(C)NS(=O)(=O)c1cccc(NC(=O)CCc2nc3ccccc3[nH]2)c1. The van der Waals surface area contributed by atoms with E-state index in [0.717, 1.165) is 16.9 Å². The second kappa shape index (κ2) is 7.73. The smallest absolute Gasteiger partial charge is 0.241 e. The molecular formula is C20H24N4O3S. The molecule has 28 heavy (non-hydrogen) atoms. The number of benzene rings is 2. The molecule has 1 amide bonds. The topological polar surface area (TPSA) is 104 Å². The zero-order chi connectivity index (χ0) is 20.4. The van der Waals surface area contributed by atoms with E-state index in [-0.39, 0.29) is 17.2 Å². The van der Waals surface area contributed by atoms with Crippen LogP contribution in [0.25, 0.3) is 11.0 Å². The van der Waals surface area contributed by atoms with Gasteiger partial charge >= 0.3 is 0 Å². The number of H-pyrrole nitrogens is 1. The van der Waals surface area contributed by atoms with Gasteiger partial charge in [-0.1, -0.05) is 18.2 Å². The average molecular weight is 401 g/mol. The summed E-state index contributed by atoms with van der Waals surface area (Å²) < 4.78 is 27.5. The number of hydrogen-bond acceptors (Lipinski definition) is 4. The number of carbonyl (C=O) groups excluding carboxylic acids is 1. The second-order valence-electron chi connectivity index (χ2n) is 7.63. The number of imidazole rings is 1. The van der Waals surface area contributed by atoms with Crippen molar-refractivity contribution in [3.8, 4) is 0 Å². The van der Waals surface area contributed by atoms with Gasteiger partial charge < -0.3 is 10.3 Å². The first-order chi connectivity index (χ1) is 13.1. The van der Waals surface area contributed by atoms with E-state index in [0.29, 0.717) is 12.1 Å². The summed E-state index contributed by atoms with van der Waals surface area (Å²) in [6.07, 6.45) is 0.696. The lowest BCUT2D eigenvalue weighted by Gasteiger charge is -2.20. The summed E-state index contributed by atoms with van der Waals surface area (Å²) in [4.78, 5) is 20.0. The molecule has 8 heteroatoms. The molecule has 0 atom stereocenters. The number of nitrogens with zero attached hydrogens (tertiary/aromatic N) is 1. The Bertz CT molecular complexity index is 1060. The highest BCUT2D eigenvalue weighted by atomic mass is 32.2. The highest BCUT2D eigenvalue weighted by molar-refractivity contribution is 7.89. The molecule has 1 heterocycles. The fraction of sp³-hybridized carbons (Fsp3) is 0.300. The monoisotopic (exact) mass is 400 g/mol. The summed E-state index contributed by atoms with van der Waals surface area (Å²) in [7, 11) is -3.66. The molecule has 0 saturated carbocycles. The Morgan fingerprint density at radius 3 is 2.57 bits per heavy atom. The molecule has 0 radical (unpaired) electrons. The van der Waals surface area contributed by atoms with Crippen LogP contribution in [-0.2, 0) is 21.2 Å². The van der Waals surface area contributed by atoms with E-state index in [1.807, 2.05) is 24.3 Å². The van der Waals surface area contributed by atoms with Crippen molar-refractivity contribution < 1.29 is 13.2 Å². The first-order valence-electron chi connectivity index (χ1n) is 9.00. The first kappa shape index (κ1) is 20.0. The number of para-hydroxylation sites is 2. The molecule has 0 aliphatic rings. The van der Waals surface area contributed by atoms with Gasteiger partial charge in [0.2, 0.25) is 15.9 Å². The minimum atomic E-state index is -3.66. The quantitative estimate of drug-likeness (QED) is 0.591. The van der Waals surface area contributed by atoms with Crippen molar-refractivity contribution in [3.05, 3.63) is 54.4 Å². The van der Waals surface area contributed by atoms with Crippen molar-refractivity contribution >= 4 is 32.7 Å². The van der Waals surface area contributed by atoms with Crippen LogP contribution in [0.15, 0.2) is 53.4 Å². The molecule has 0 spiro atoms. The lowest BCUT2D eigenvalue weighted by atomic mass is 10.1. The van der Waals surface area contributed by atoms with Crippen molar-refractivity contribution in [2.75, 3.05) is 5.32 Å². The number of hydrogen-bond donors (Lipinski definition) is 3. The number of sulfonamides is 1. The predicted molar refractivity (Wildman–Crippen MR) is 110 cm³/mol. The van der Waals surface area contributed by atoms with E-state index in [9.17, 15) is 13.2 Å². The van der Waals surface area contributed by atoms with Gasteiger partial charge in [-0.15, -0.1) is 0 Å². The predicted octanol–water partition coefficient (Wildman–Crippen LogP) is 3.21. The van der Waals surface area contributed by atoms with Crippen LogP contribution in [0.1, 0.15) is 33.0 Å². The number of aryl methyl sites for hydroxylation is 1. The van der Waals surface area contributed by atoms with Crippen molar-refractivity contribution in [3.63, 3.8) is 0 Å². The number of anilines is 1. The van der Waals surface area contributed by atoms with Gasteiger partial charge in [0, 0.05) is 24.1 Å². The van der Waals surface area contributed by atoms with E-state index in [1.165, 1.54) is 12.1 Å². The van der Waals surface area contributed by atoms with Gasteiger partial charge in [0.05, 0.1) is 15.9 Å². The van der Waals surface area contributed by atoms with E-state index < -0.39 is 15.6 Å². The Labute approximate surface area is 164 Å². The van der Waals surface area contributed by atoms with Crippen LogP contribution >= 0.6 is 0 Å². The fourth-order valence-corrected chi connectivity index (χ4v) is 4.25. The number of carbonyl (C=O) groups is 1. The van der Waals surface area contributed by atoms with Crippen molar-refractivity contribution in [1.29, 1.82) is 0 Å². The molecule has 3 aromatic rings. The molecule has 0 unspecified atom stereocenters. The van der Waals surface area contributed by atoms with E-state index in [2.05, 4.69) is 20.0 Å². The number of aromatic amines is 1. The van der Waals surface area contributed by atoms with Gasteiger partial charge in [0.25, 0.3) is 0 Å². The minimum absolute atomic E-state index is 0.109. The standard InChI is InChI=1S/C20H24N4O3S/c1-20(2,3)24-28(26,27)15-8-6-7-14(13-15)21-19(25)12-11-18-22-16-9-4-5-10-17(16)23-18/h4-10,13,24H,11-12H2,1-3H3,(H,21,25)(H,22,23). The van der Waals surface area contributed by atoms with E-state index in [4.69, 9.17) is 0 Å². The molecule has 0 saturated heterocycles. The van der Waals surface area contributed by atoms with Gasteiger partial charge in [0.15, 0.2) is 0 Å². The maximum Gasteiger partial charge on any atom is 0.241 e. The van der Waals surface area contributed by atoms with Crippen LogP contribution in [0.5, 0.6) is 0 Å². The Kier molecular flexibility index (Phi) is 5.53. The summed E-state index contributed by atoms with van der Waals surface area (Å²) >= 11 is 0. The molecular weight excluding hydrogens is 376 g/mol. The third-order valence-electron chi connectivity index (χ3n) is 3.90. The zero-order valence-electron chi connectivity index (χ0n) is 16.1. The summed E-state index contributed by atoms with van der Waals surface area (Å²) in [5, 5.41) is 2.75. The van der Waals surface area contributed by atoms with Crippen molar-refractivity contribution in [2.24, 2.45) is 0 Å². The average Bonchev–Trinajstić information content (AvgIpc) is 3.01. The second-order valence-corrected chi connectivity index (χ2v) is 9.31. The van der Waals surface area contributed by atoms with Crippen LogP contribution in [0, 0.1) is 0 Å². The Morgan fingerprint density at radius 1 is 1.11 bits per heavy atom. The number of rotatable bonds is 6. The maximum atomic E-state index is 12.4. The van der Waals surface area contributed by atoms with Crippen LogP contribution < -0.4 is 10.0 Å². The lowest BCUT2D eigenvalue weighted by Crippen LogP contribution is -2.40. The van der Waals surface area contributed by atoms with Gasteiger partial charge in [-0.05, 0) is 51.1 Å². The Hall–Kier alpha value is -2.71. The highest BCUT2D eigenvalue weighted by Gasteiger charge is 2.22. The van der Waals surface area contributed by atoms with Crippen molar-refractivity contribution in [2.45, 2.75) is 44.0 Å². The molecule has 0 aliphatic heterocycles. The highest BCUT2D eigenvalue weighted by Crippen LogP contribution is 2.18. The summed E-state index contributed by atoms with van der Waals surface area (Å²) in [6.45, 7) is 5.32. The number of amides is 1. The summed E-state index contributed by atoms with van der Waals surface area (Å²) in [5.41, 5.74) is 1.64. The van der Waals surface area contributed by atoms with E-state index >= 15 is 0 Å². The Balaban J connectivity index is 1.64. The largest absolute Gasteiger partial charge is 0.342 e. The molecule has 1 aromatic heterocycles. The van der Waals surface area contributed by atoms with E-state index in [1.54, 1.807) is 32.9 Å². The minimum Gasteiger partial charge on any atom is -0.342 e. The van der Waals surface area contributed by atoms with Gasteiger partial charge in [-0.2, -0.15) is 0 Å². The first-order valence-corrected chi connectivity index (χ1v) is 10.5. The van der Waals surface area contributed by atoms with Crippen LogP contribution in [0.3, 0.4) is 0 Å². The molecule has 0 fully saturated rings. The number of fused-ring (bicyclic) bond motifs is 1. The molecule has 0 bridgehead atoms. The number of nitrogens with one attached hydrogen (secondary N) is 3. The van der Waals surface area contributed by atoms with Gasteiger partial charge in [0.1, 0.15) is 5.82 Å². The summed E-state index contributed by atoms with van der Waals surface area (Å²) in [6, 6.07) is 13.9. The van der Waals surface area contributed by atoms with Gasteiger partial charge in [-0.3, -0.25) is 4.79 Å². The lowest BCUT2D eigenvalue weighted by molar-refractivity contribution is -0.116.